The van der Waals surface area contributed by atoms with Crippen LogP contribution in [0.1, 0.15) is 26.7 Å². The lowest BCUT2D eigenvalue weighted by Crippen LogP contribution is -2.32. The molecule has 2 rings (SSSR count). The Kier molecular flexibility index (Phi) is 2.21. The minimum absolute atomic E-state index is 0.678. The Bertz CT molecular complexity index is 261. The first-order valence-electron chi connectivity index (χ1n) is 4.97. The van der Waals surface area contributed by atoms with Crippen LogP contribution in [0.25, 0.3) is 0 Å². The molecule has 1 aromatic rings. The third kappa shape index (κ3) is 1.53. The van der Waals surface area contributed by atoms with E-state index >= 15 is 0 Å². The van der Waals surface area contributed by atoms with E-state index in [9.17, 15) is 0 Å². The minimum Gasteiger partial charge on any atom is -0.366 e. The Labute approximate surface area is 79.6 Å². The monoisotopic (exact) mass is 176 g/mol. The Morgan fingerprint density at radius 2 is 1.69 bits per heavy atom. The molecule has 0 radical (unpaired) electrons. The van der Waals surface area contributed by atoms with Gasteiger partial charge in [-0.05, 0) is 38.8 Å². The highest BCUT2D eigenvalue weighted by atomic mass is 15.2. The van der Waals surface area contributed by atoms with Crippen molar-refractivity contribution in [1.29, 1.82) is 0 Å². The summed E-state index contributed by atoms with van der Waals surface area (Å²) in [5.41, 5.74) is 1.31. The van der Waals surface area contributed by atoms with Crippen molar-refractivity contribution in [1.82, 2.24) is 4.98 Å². The van der Waals surface area contributed by atoms with Gasteiger partial charge in [0.25, 0.3) is 0 Å². The molecule has 2 heteroatoms. The molecule has 0 spiro atoms. The molecule has 13 heavy (non-hydrogen) atoms. The highest BCUT2D eigenvalue weighted by Crippen LogP contribution is 2.29. The van der Waals surface area contributed by atoms with Crippen molar-refractivity contribution < 1.29 is 0 Å². The molecule has 1 aliphatic heterocycles. The van der Waals surface area contributed by atoms with E-state index in [1.165, 1.54) is 18.5 Å². The van der Waals surface area contributed by atoms with E-state index in [0.717, 1.165) is 0 Å². The second-order valence-corrected chi connectivity index (χ2v) is 3.89. The zero-order valence-corrected chi connectivity index (χ0v) is 8.27. The van der Waals surface area contributed by atoms with Crippen molar-refractivity contribution in [3.63, 3.8) is 0 Å². The fraction of sp³-hybridized carbons (Fsp3) is 0.545. The minimum atomic E-state index is 0.678. The van der Waals surface area contributed by atoms with Crippen molar-refractivity contribution >= 4 is 5.69 Å². The normalized spacial score (nSPS) is 28.0. The fourth-order valence-corrected chi connectivity index (χ4v) is 2.22. The molecule has 2 nitrogen and oxygen atoms in total. The molecule has 0 aliphatic carbocycles. The molecule has 1 fully saturated rings. The zero-order chi connectivity index (χ0) is 9.26. The number of hydrogen-bond acceptors (Lipinski definition) is 2. The Morgan fingerprint density at radius 1 is 1.15 bits per heavy atom. The highest BCUT2D eigenvalue weighted by Gasteiger charge is 2.26. The second kappa shape index (κ2) is 3.36. The molecule has 0 unspecified atom stereocenters. The van der Waals surface area contributed by atoms with Gasteiger partial charge in [0.05, 0.1) is 0 Å². The standard InChI is InChI=1S/C11H16N2/c1-9-3-4-10(2)13(9)11-5-7-12-8-6-11/h5-10H,3-4H2,1-2H3/t9-,10-/m0/s1. The van der Waals surface area contributed by atoms with Crippen molar-refractivity contribution in [2.24, 2.45) is 0 Å². The molecule has 0 aromatic carbocycles. The maximum Gasteiger partial charge on any atom is 0.0401 e. The van der Waals surface area contributed by atoms with Crippen molar-refractivity contribution in [3.8, 4) is 0 Å². The van der Waals surface area contributed by atoms with Gasteiger partial charge in [-0.25, -0.2) is 0 Å². The predicted octanol–water partition coefficient (Wildman–Crippen LogP) is 2.46. The van der Waals surface area contributed by atoms with E-state index in [-0.39, 0.29) is 0 Å². The summed E-state index contributed by atoms with van der Waals surface area (Å²) in [6.45, 7) is 4.59. The number of nitrogens with zero attached hydrogens (tertiary/aromatic N) is 2. The van der Waals surface area contributed by atoms with Gasteiger partial charge in [0, 0.05) is 30.2 Å². The first-order valence-corrected chi connectivity index (χ1v) is 4.97. The van der Waals surface area contributed by atoms with Crippen LogP contribution in [0, 0.1) is 0 Å². The maximum atomic E-state index is 4.04. The quantitative estimate of drug-likeness (QED) is 0.653. The summed E-state index contributed by atoms with van der Waals surface area (Å²) in [6.07, 6.45) is 6.35. The van der Waals surface area contributed by atoms with E-state index < -0.39 is 0 Å². The van der Waals surface area contributed by atoms with Crippen LogP contribution in [0.3, 0.4) is 0 Å². The van der Waals surface area contributed by atoms with Crippen molar-refractivity contribution in [2.45, 2.75) is 38.8 Å². The summed E-state index contributed by atoms with van der Waals surface area (Å²) in [4.78, 5) is 6.53. The molecule has 1 saturated heterocycles. The van der Waals surface area contributed by atoms with E-state index in [4.69, 9.17) is 0 Å². The van der Waals surface area contributed by atoms with E-state index in [1.807, 2.05) is 12.4 Å². The molecule has 1 aliphatic rings. The topological polar surface area (TPSA) is 16.1 Å². The Morgan fingerprint density at radius 3 is 2.23 bits per heavy atom. The first kappa shape index (κ1) is 8.54. The van der Waals surface area contributed by atoms with Gasteiger partial charge in [-0.2, -0.15) is 0 Å². The average molecular weight is 176 g/mol. The van der Waals surface area contributed by atoms with Gasteiger partial charge < -0.3 is 4.90 Å². The largest absolute Gasteiger partial charge is 0.366 e. The molecular weight excluding hydrogens is 160 g/mol. The molecule has 0 bridgehead atoms. The lowest BCUT2D eigenvalue weighted by atomic mass is 10.2. The summed E-state index contributed by atoms with van der Waals surface area (Å²) in [5, 5.41) is 0. The van der Waals surface area contributed by atoms with E-state index in [1.54, 1.807) is 0 Å². The van der Waals surface area contributed by atoms with Gasteiger partial charge in [-0.1, -0.05) is 0 Å². The lowest BCUT2D eigenvalue weighted by Gasteiger charge is -2.28. The summed E-state index contributed by atoms with van der Waals surface area (Å²) >= 11 is 0. The number of anilines is 1. The summed E-state index contributed by atoms with van der Waals surface area (Å²) < 4.78 is 0. The number of pyridine rings is 1. The average Bonchev–Trinajstić information content (AvgIpc) is 2.48. The lowest BCUT2D eigenvalue weighted by molar-refractivity contribution is 0.693. The third-order valence-corrected chi connectivity index (χ3v) is 2.91. The summed E-state index contributed by atoms with van der Waals surface area (Å²) in [6, 6.07) is 5.55. The molecular formula is C11H16N2. The highest BCUT2D eigenvalue weighted by molar-refractivity contribution is 5.47. The van der Waals surface area contributed by atoms with Crippen molar-refractivity contribution in [3.05, 3.63) is 24.5 Å². The van der Waals surface area contributed by atoms with Crippen LogP contribution in [0.2, 0.25) is 0 Å². The van der Waals surface area contributed by atoms with Crippen LogP contribution in [0.4, 0.5) is 5.69 Å². The smallest absolute Gasteiger partial charge is 0.0401 e. The summed E-state index contributed by atoms with van der Waals surface area (Å²) in [5.74, 6) is 0. The molecule has 2 atom stereocenters. The maximum absolute atomic E-state index is 4.04. The molecule has 0 N–H and O–H groups in total. The fourth-order valence-electron chi connectivity index (χ4n) is 2.22. The van der Waals surface area contributed by atoms with Crippen LogP contribution < -0.4 is 4.90 Å². The molecule has 70 valence electrons. The molecule has 2 heterocycles. The Hall–Kier alpha value is -1.05. The molecule has 1 aromatic heterocycles. The number of aromatic nitrogens is 1. The van der Waals surface area contributed by atoms with Crippen LogP contribution in [0.15, 0.2) is 24.5 Å². The zero-order valence-electron chi connectivity index (χ0n) is 8.27. The van der Waals surface area contributed by atoms with Crippen molar-refractivity contribution in [2.75, 3.05) is 4.90 Å². The first-order chi connectivity index (χ1) is 6.29. The Balaban J connectivity index is 2.25. The SMILES string of the molecule is C[C@H]1CC[C@H](C)N1c1ccncc1. The van der Waals surface area contributed by atoms with Crippen LogP contribution in [-0.4, -0.2) is 17.1 Å². The molecule has 0 amide bonds. The number of hydrogen-bond donors (Lipinski definition) is 0. The van der Waals surface area contributed by atoms with Crippen LogP contribution in [-0.2, 0) is 0 Å². The third-order valence-electron chi connectivity index (χ3n) is 2.91. The van der Waals surface area contributed by atoms with Gasteiger partial charge in [0.1, 0.15) is 0 Å². The van der Waals surface area contributed by atoms with Gasteiger partial charge in [0.2, 0.25) is 0 Å². The number of rotatable bonds is 1. The van der Waals surface area contributed by atoms with E-state index in [2.05, 4.69) is 35.9 Å². The molecule has 0 saturated carbocycles. The predicted molar refractivity (Wildman–Crippen MR) is 54.9 cm³/mol. The van der Waals surface area contributed by atoms with Gasteiger partial charge >= 0.3 is 0 Å². The van der Waals surface area contributed by atoms with E-state index in [0.29, 0.717) is 12.1 Å². The van der Waals surface area contributed by atoms with Gasteiger partial charge in [-0.3, -0.25) is 4.98 Å². The van der Waals surface area contributed by atoms with Crippen LogP contribution >= 0.6 is 0 Å². The van der Waals surface area contributed by atoms with Crippen LogP contribution in [0.5, 0.6) is 0 Å². The summed E-state index contributed by atoms with van der Waals surface area (Å²) in [7, 11) is 0. The van der Waals surface area contributed by atoms with Gasteiger partial charge in [0.15, 0.2) is 0 Å². The second-order valence-electron chi connectivity index (χ2n) is 3.89. The van der Waals surface area contributed by atoms with Gasteiger partial charge in [-0.15, -0.1) is 0 Å².